The number of hydrogen-bond acceptors (Lipinski definition) is 8. The molecule has 132 valence electrons. The minimum Gasteiger partial charge on any atom is -0.494 e. The third kappa shape index (κ3) is 4.08. The van der Waals surface area contributed by atoms with Crippen LogP contribution in [-0.2, 0) is 4.79 Å². The highest BCUT2D eigenvalue weighted by molar-refractivity contribution is 8.00. The van der Waals surface area contributed by atoms with E-state index in [4.69, 9.17) is 9.15 Å². The fraction of sp³-hybridized carbons (Fsp3) is 0.400. The van der Waals surface area contributed by atoms with Crippen molar-refractivity contribution >= 4 is 29.0 Å². The fourth-order valence-electron chi connectivity index (χ4n) is 2.10. The predicted molar refractivity (Wildman–Crippen MR) is 89.9 cm³/mol. The average molecular weight is 364 g/mol. The van der Waals surface area contributed by atoms with E-state index in [-0.39, 0.29) is 17.3 Å². The third-order valence-corrected chi connectivity index (χ3v) is 4.58. The SMILES string of the molecule is COc1cc([N+](=O)[O-])ccc1NC(=O)[C@H](C)Sc1nnc(C2CC2)o1. The molecule has 0 spiro atoms. The minimum atomic E-state index is -0.528. The number of aromatic nitrogens is 2. The molecule has 0 aliphatic heterocycles. The first-order chi connectivity index (χ1) is 12.0. The van der Waals surface area contributed by atoms with Crippen LogP contribution in [0.1, 0.15) is 31.6 Å². The van der Waals surface area contributed by atoms with Gasteiger partial charge in [0.1, 0.15) is 5.75 Å². The molecule has 1 aromatic carbocycles. The van der Waals surface area contributed by atoms with Crippen LogP contribution in [0.3, 0.4) is 0 Å². The number of nitrogens with one attached hydrogen (secondary N) is 1. The quantitative estimate of drug-likeness (QED) is 0.452. The second-order valence-corrected chi connectivity index (χ2v) is 6.86. The summed E-state index contributed by atoms with van der Waals surface area (Å²) in [6.45, 7) is 1.71. The Labute approximate surface area is 147 Å². The van der Waals surface area contributed by atoms with Crippen LogP contribution in [0, 0.1) is 10.1 Å². The number of anilines is 1. The Bertz CT molecular complexity index is 805. The number of thioether (sulfide) groups is 1. The number of ether oxygens (including phenoxy) is 1. The molecule has 1 aromatic heterocycles. The van der Waals surface area contributed by atoms with Gasteiger partial charge in [-0.3, -0.25) is 14.9 Å². The number of methoxy groups -OCH3 is 1. The molecule has 10 heteroatoms. The molecular weight excluding hydrogens is 348 g/mol. The number of non-ortho nitro benzene ring substituents is 1. The first-order valence-electron chi connectivity index (χ1n) is 7.61. The normalized spacial score (nSPS) is 14.8. The van der Waals surface area contributed by atoms with Crippen molar-refractivity contribution in [2.45, 2.75) is 36.2 Å². The number of nitrogens with zero attached hydrogens (tertiary/aromatic N) is 3. The van der Waals surface area contributed by atoms with Gasteiger partial charge in [0.05, 0.1) is 29.0 Å². The summed E-state index contributed by atoms with van der Waals surface area (Å²) in [4.78, 5) is 22.6. The van der Waals surface area contributed by atoms with Crippen molar-refractivity contribution in [2.75, 3.05) is 12.4 Å². The Morgan fingerprint density at radius 3 is 2.88 bits per heavy atom. The van der Waals surface area contributed by atoms with Gasteiger partial charge in [0, 0.05) is 12.0 Å². The maximum atomic E-state index is 12.3. The van der Waals surface area contributed by atoms with E-state index in [0.717, 1.165) is 24.6 Å². The van der Waals surface area contributed by atoms with Gasteiger partial charge in [0.25, 0.3) is 10.9 Å². The Hall–Kier alpha value is -2.62. The van der Waals surface area contributed by atoms with Crippen molar-refractivity contribution in [3.8, 4) is 5.75 Å². The van der Waals surface area contributed by atoms with E-state index in [0.29, 0.717) is 22.7 Å². The van der Waals surface area contributed by atoms with Crippen molar-refractivity contribution in [3.63, 3.8) is 0 Å². The third-order valence-electron chi connectivity index (χ3n) is 3.65. The first kappa shape index (κ1) is 17.2. The Morgan fingerprint density at radius 2 is 2.24 bits per heavy atom. The van der Waals surface area contributed by atoms with E-state index in [9.17, 15) is 14.9 Å². The zero-order chi connectivity index (χ0) is 18.0. The molecule has 1 atom stereocenters. The van der Waals surface area contributed by atoms with Crippen LogP contribution in [0.25, 0.3) is 0 Å². The Morgan fingerprint density at radius 1 is 1.48 bits per heavy atom. The number of carbonyl (C=O) groups excluding carboxylic acids is 1. The minimum absolute atomic E-state index is 0.115. The van der Waals surface area contributed by atoms with E-state index < -0.39 is 10.2 Å². The van der Waals surface area contributed by atoms with Gasteiger partial charge in [-0.1, -0.05) is 11.8 Å². The molecule has 9 nitrogen and oxygen atoms in total. The number of carbonyl (C=O) groups is 1. The van der Waals surface area contributed by atoms with Crippen LogP contribution in [0.5, 0.6) is 5.75 Å². The van der Waals surface area contributed by atoms with Crippen LogP contribution in [0.4, 0.5) is 11.4 Å². The lowest BCUT2D eigenvalue weighted by Crippen LogP contribution is -2.22. The molecule has 0 bridgehead atoms. The van der Waals surface area contributed by atoms with E-state index in [2.05, 4.69) is 15.5 Å². The largest absolute Gasteiger partial charge is 0.494 e. The first-order valence-corrected chi connectivity index (χ1v) is 8.49. The van der Waals surface area contributed by atoms with Crippen LogP contribution >= 0.6 is 11.8 Å². The number of hydrogen-bond donors (Lipinski definition) is 1. The summed E-state index contributed by atoms with van der Waals surface area (Å²) in [5.41, 5.74) is 0.241. The number of amides is 1. The maximum absolute atomic E-state index is 12.3. The zero-order valence-corrected chi connectivity index (χ0v) is 14.4. The van der Waals surface area contributed by atoms with Crippen LogP contribution < -0.4 is 10.1 Å². The molecular formula is C15H16N4O5S. The van der Waals surface area contributed by atoms with E-state index >= 15 is 0 Å². The molecule has 1 saturated carbocycles. The highest BCUT2D eigenvalue weighted by Gasteiger charge is 2.30. The molecule has 3 rings (SSSR count). The van der Waals surface area contributed by atoms with E-state index in [1.807, 2.05) is 0 Å². The van der Waals surface area contributed by atoms with Gasteiger partial charge in [-0.05, 0) is 25.8 Å². The summed E-state index contributed by atoms with van der Waals surface area (Å²) in [6.07, 6.45) is 2.12. The summed E-state index contributed by atoms with van der Waals surface area (Å²) >= 11 is 1.16. The summed E-state index contributed by atoms with van der Waals surface area (Å²) < 4.78 is 10.6. The Balaban J connectivity index is 1.65. The van der Waals surface area contributed by atoms with Gasteiger partial charge >= 0.3 is 0 Å². The van der Waals surface area contributed by atoms with Gasteiger partial charge in [0.15, 0.2) is 0 Å². The number of nitro groups is 1. The highest BCUT2D eigenvalue weighted by atomic mass is 32.2. The molecule has 0 radical (unpaired) electrons. The van der Waals surface area contributed by atoms with Gasteiger partial charge in [-0.2, -0.15) is 0 Å². The number of nitro benzene ring substituents is 1. The van der Waals surface area contributed by atoms with Gasteiger partial charge in [-0.15, -0.1) is 10.2 Å². The molecule has 1 aliphatic carbocycles. The molecule has 25 heavy (non-hydrogen) atoms. The maximum Gasteiger partial charge on any atom is 0.277 e. The van der Waals surface area contributed by atoms with E-state index in [1.165, 1.54) is 25.3 Å². The smallest absolute Gasteiger partial charge is 0.277 e. The van der Waals surface area contributed by atoms with Gasteiger partial charge in [0.2, 0.25) is 11.8 Å². The standard InChI is InChI=1S/C15H16N4O5S/c1-8(25-15-18-17-14(24-15)9-3-4-9)13(20)16-11-6-5-10(19(21)22)7-12(11)23-2/h5-9H,3-4H2,1-2H3,(H,16,20)/t8-/m0/s1. The van der Waals surface area contributed by atoms with Crippen molar-refractivity contribution in [1.29, 1.82) is 0 Å². The molecule has 1 N–H and O–H groups in total. The lowest BCUT2D eigenvalue weighted by Gasteiger charge is -2.12. The molecule has 1 fully saturated rings. The predicted octanol–water partition coefficient (Wildman–Crippen LogP) is 2.98. The fourth-order valence-corrected chi connectivity index (χ4v) is 2.79. The molecule has 0 saturated heterocycles. The number of benzene rings is 1. The average Bonchev–Trinajstić information content (AvgIpc) is 3.34. The lowest BCUT2D eigenvalue weighted by molar-refractivity contribution is -0.384. The molecule has 0 unspecified atom stereocenters. The van der Waals surface area contributed by atoms with Crippen molar-refractivity contribution in [2.24, 2.45) is 0 Å². The molecule has 2 aromatic rings. The van der Waals surface area contributed by atoms with Crippen molar-refractivity contribution in [3.05, 3.63) is 34.2 Å². The summed E-state index contributed by atoms with van der Waals surface area (Å²) in [6, 6.07) is 3.99. The van der Waals surface area contributed by atoms with E-state index in [1.54, 1.807) is 6.92 Å². The summed E-state index contributed by atoms with van der Waals surface area (Å²) in [7, 11) is 1.38. The summed E-state index contributed by atoms with van der Waals surface area (Å²) in [5, 5.41) is 21.3. The topological polar surface area (TPSA) is 120 Å². The number of rotatable bonds is 7. The van der Waals surface area contributed by atoms with Crippen LogP contribution in [-0.4, -0.2) is 33.4 Å². The molecule has 1 heterocycles. The second kappa shape index (κ2) is 7.09. The monoisotopic (exact) mass is 364 g/mol. The Kier molecular flexibility index (Phi) is 4.88. The lowest BCUT2D eigenvalue weighted by atomic mass is 10.2. The van der Waals surface area contributed by atoms with Crippen molar-refractivity contribution in [1.82, 2.24) is 10.2 Å². The van der Waals surface area contributed by atoms with Crippen molar-refractivity contribution < 1.29 is 18.9 Å². The van der Waals surface area contributed by atoms with Gasteiger partial charge < -0.3 is 14.5 Å². The van der Waals surface area contributed by atoms with Crippen LogP contribution in [0.2, 0.25) is 0 Å². The highest BCUT2D eigenvalue weighted by Crippen LogP contribution is 2.40. The van der Waals surface area contributed by atoms with Crippen LogP contribution in [0.15, 0.2) is 27.8 Å². The molecule has 1 amide bonds. The molecule has 1 aliphatic rings. The zero-order valence-electron chi connectivity index (χ0n) is 13.6. The van der Waals surface area contributed by atoms with Gasteiger partial charge in [-0.25, -0.2) is 0 Å². The second-order valence-electron chi connectivity index (χ2n) is 5.57. The summed E-state index contributed by atoms with van der Waals surface area (Å²) in [5.74, 6) is 0.888.